The van der Waals surface area contributed by atoms with Gasteiger partial charge < -0.3 is 5.32 Å². The Hall–Kier alpha value is -3.61. The number of aryl methyl sites for hydroxylation is 2. The molecule has 0 saturated carbocycles. The van der Waals surface area contributed by atoms with E-state index in [9.17, 15) is 13.2 Å². The summed E-state index contributed by atoms with van der Waals surface area (Å²) in [6.07, 6.45) is 0.762. The second-order valence-electron chi connectivity index (χ2n) is 9.30. The Labute approximate surface area is 230 Å². The molecule has 1 atom stereocenters. The summed E-state index contributed by atoms with van der Waals surface area (Å²) in [5.74, 6) is -0.177. The number of nitrogens with one attached hydrogen (secondary N) is 1. The van der Waals surface area contributed by atoms with Crippen LogP contribution in [-0.2, 0) is 16.6 Å². The average Bonchev–Trinajstić information content (AvgIpc) is 2.93. The third-order valence-corrected chi connectivity index (χ3v) is 8.52. The number of carbonyl (C=O) groups excluding carboxylic acids is 1. The molecule has 0 spiro atoms. The fourth-order valence-electron chi connectivity index (χ4n) is 4.26. The highest BCUT2D eigenvalue weighted by Gasteiger charge is 2.26. The van der Waals surface area contributed by atoms with Gasteiger partial charge in [-0.1, -0.05) is 84.8 Å². The zero-order valence-corrected chi connectivity index (χ0v) is 23.3. The normalized spacial score (nSPS) is 12.1. The average molecular weight is 547 g/mol. The van der Waals surface area contributed by atoms with E-state index in [2.05, 4.69) is 5.32 Å². The predicted molar refractivity (Wildman–Crippen MR) is 154 cm³/mol. The van der Waals surface area contributed by atoms with Crippen LogP contribution in [0, 0.1) is 13.8 Å². The summed E-state index contributed by atoms with van der Waals surface area (Å²) >= 11 is 6.25. The van der Waals surface area contributed by atoms with Crippen molar-refractivity contribution in [2.24, 2.45) is 0 Å². The SMILES string of the molecule is CC[C@H](NC(=O)c1ccc(CN(c2cc(Cl)ccc2C)S(=O)(=O)c2ccccc2)cc1)c1ccc(C)cc1. The first kappa shape index (κ1) is 27.4. The molecule has 0 unspecified atom stereocenters. The van der Waals surface area contributed by atoms with Gasteiger partial charge in [0.25, 0.3) is 15.9 Å². The van der Waals surface area contributed by atoms with Crippen molar-refractivity contribution in [1.29, 1.82) is 0 Å². The molecule has 0 aliphatic carbocycles. The molecular formula is C31H31ClN2O3S. The van der Waals surface area contributed by atoms with Crippen molar-refractivity contribution in [3.63, 3.8) is 0 Å². The van der Waals surface area contributed by atoms with Crippen LogP contribution in [0.5, 0.6) is 0 Å². The summed E-state index contributed by atoms with van der Waals surface area (Å²) in [6.45, 7) is 6.00. The first-order valence-corrected chi connectivity index (χ1v) is 14.3. The lowest BCUT2D eigenvalue weighted by Crippen LogP contribution is -2.31. The molecule has 1 amide bonds. The third kappa shape index (κ3) is 6.26. The molecule has 5 nitrogen and oxygen atoms in total. The fraction of sp³-hybridized carbons (Fsp3) is 0.194. The molecule has 38 heavy (non-hydrogen) atoms. The summed E-state index contributed by atoms with van der Waals surface area (Å²) in [6, 6.07) is 28.6. The Morgan fingerprint density at radius 2 is 1.55 bits per heavy atom. The molecule has 0 heterocycles. The van der Waals surface area contributed by atoms with Gasteiger partial charge in [-0.15, -0.1) is 0 Å². The van der Waals surface area contributed by atoms with E-state index in [1.807, 2.05) is 45.0 Å². The second-order valence-corrected chi connectivity index (χ2v) is 11.6. The Bertz CT molecular complexity index is 1500. The number of halogens is 1. The minimum absolute atomic E-state index is 0.0846. The highest BCUT2D eigenvalue weighted by atomic mass is 35.5. The van der Waals surface area contributed by atoms with Gasteiger partial charge in [0, 0.05) is 10.6 Å². The number of sulfonamides is 1. The van der Waals surface area contributed by atoms with Crippen LogP contribution in [0.3, 0.4) is 0 Å². The van der Waals surface area contributed by atoms with Gasteiger partial charge in [0.1, 0.15) is 0 Å². The molecule has 196 valence electrons. The predicted octanol–water partition coefficient (Wildman–Crippen LogP) is 7.23. The minimum atomic E-state index is -3.88. The fourth-order valence-corrected chi connectivity index (χ4v) is 5.96. The van der Waals surface area contributed by atoms with Crippen molar-refractivity contribution in [2.45, 2.75) is 44.7 Å². The number of anilines is 1. The quantitative estimate of drug-likeness (QED) is 0.241. The van der Waals surface area contributed by atoms with Crippen LogP contribution in [0.15, 0.2) is 102 Å². The van der Waals surface area contributed by atoms with Crippen molar-refractivity contribution < 1.29 is 13.2 Å². The maximum absolute atomic E-state index is 13.7. The number of benzene rings is 4. The van der Waals surface area contributed by atoms with E-state index < -0.39 is 10.0 Å². The monoisotopic (exact) mass is 546 g/mol. The molecule has 1 N–H and O–H groups in total. The molecule has 4 aromatic rings. The van der Waals surface area contributed by atoms with Gasteiger partial charge in [-0.25, -0.2) is 8.42 Å². The number of rotatable bonds is 9. The molecule has 4 rings (SSSR count). The van der Waals surface area contributed by atoms with Crippen LogP contribution < -0.4 is 9.62 Å². The van der Waals surface area contributed by atoms with Crippen LogP contribution in [0.4, 0.5) is 5.69 Å². The molecular weight excluding hydrogens is 516 g/mol. The minimum Gasteiger partial charge on any atom is -0.345 e. The molecule has 0 aliphatic rings. The lowest BCUT2D eigenvalue weighted by molar-refractivity contribution is 0.0935. The Morgan fingerprint density at radius 3 is 2.18 bits per heavy atom. The van der Waals surface area contributed by atoms with Crippen LogP contribution >= 0.6 is 11.6 Å². The molecule has 0 saturated heterocycles. The van der Waals surface area contributed by atoms with Gasteiger partial charge in [0.15, 0.2) is 0 Å². The molecule has 0 fully saturated rings. The molecule has 0 radical (unpaired) electrons. The standard InChI is InChI=1S/C31H31ClN2O3S/c1-4-29(25-15-10-22(2)11-16-25)33-31(35)26-17-13-24(14-18-26)21-34(30-20-27(32)19-12-23(30)3)38(36,37)28-8-6-5-7-9-28/h5-20,29H,4,21H2,1-3H3,(H,33,35)/t29-/m0/s1. The second kappa shape index (κ2) is 11.8. The Balaban J connectivity index is 1.59. The van der Waals surface area contributed by atoms with E-state index in [0.29, 0.717) is 16.3 Å². The first-order valence-electron chi connectivity index (χ1n) is 12.5. The van der Waals surface area contributed by atoms with Gasteiger partial charge in [0.2, 0.25) is 0 Å². The number of hydrogen-bond acceptors (Lipinski definition) is 3. The summed E-state index contributed by atoms with van der Waals surface area (Å²) in [4.78, 5) is 13.2. The van der Waals surface area contributed by atoms with Crippen molar-refractivity contribution in [3.05, 3.63) is 130 Å². The van der Waals surface area contributed by atoms with Crippen LogP contribution in [0.2, 0.25) is 5.02 Å². The van der Waals surface area contributed by atoms with Gasteiger partial charge >= 0.3 is 0 Å². The van der Waals surface area contributed by atoms with Crippen molar-refractivity contribution >= 4 is 33.2 Å². The van der Waals surface area contributed by atoms with Gasteiger partial charge in [-0.2, -0.15) is 0 Å². The zero-order chi connectivity index (χ0) is 27.3. The van der Waals surface area contributed by atoms with E-state index in [-0.39, 0.29) is 23.4 Å². The van der Waals surface area contributed by atoms with Crippen LogP contribution in [0.1, 0.15) is 52.0 Å². The molecule has 0 aliphatic heterocycles. The van der Waals surface area contributed by atoms with Gasteiger partial charge in [0.05, 0.1) is 23.2 Å². The largest absolute Gasteiger partial charge is 0.345 e. The van der Waals surface area contributed by atoms with Crippen LogP contribution in [-0.4, -0.2) is 14.3 Å². The van der Waals surface area contributed by atoms with Gasteiger partial charge in [-0.05, 0) is 73.4 Å². The molecule has 4 aromatic carbocycles. The lowest BCUT2D eigenvalue weighted by atomic mass is 10.0. The van der Waals surface area contributed by atoms with E-state index in [1.165, 1.54) is 9.87 Å². The summed E-state index contributed by atoms with van der Waals surface area (Å²) in [7, 11) is -3.88. The molecule has 0 bridgehead atoms. The highest BCUT2D eigenvalue weighted by Crippen LogP contribution is 2.31. The summed E-state index contributed by atoms with van der Waals surface area (Å²) in [5.41, 5.74) is 4.77. The number of amides is 1. The highest BCUT2D eigenvalue weighted by molar-refractivity contribution is 7.92. The first-order chi connectivity index (χ1) is 18.2. The van der Waals surface area contributed by atoms with E-state index in [1.54, 1.807) is 72.8 Å². The lowest BCUT2D eigenvalue weighted by Gasteiger charge is -2.26. The van der Waals surface area contributed by atoms with Gasteiger partial charge in [-0.3, -0.25) is 9.10 Å². The maximum atomic E-state index is 13.7. The number of hydrogen-bond donors (Lipinski definition) is 1. The zero-order valence-electron chi connectivity index (χ0n) is 21.7. The van der Waals surface area contributed by atoms with E-state index >= 15 is 0 Å². The molecule has 7 heteroatoms. The van der Waals surface area contributed by atoms with Crippen LogP contribution in [0.25, 0.3) is 0 Å². The van der Waals surface area contributed by atoms with Crippen molar-refractivity contribution in [3.8, 4) is 0 Å². The van der Waals surface area contributed by atoms with E-state index in [0.717, 1.165) is 23.1 Å². The smallest absolute Gasteiger partial charge is 0.264 e. The van der Waals surface area contributed by atoms with Crippen molar-refractivity contribution in [1.82, 2.24) is 5.32 Å². The summed E-state index contributed by atoms with van der Waals surface area (Å²) in [5, 5.41) is 3.55. The Kier molecular flexibility index (Phi) is 8.55. The molecule has 0 aromatic heterocycles. The third-order valence-electron chi connectivity index (χ3n) is 6.51. The number of nitrogens with zero attached hydrogens (tertiary/aromatic N) is 1. The van der Waals surface area contributed by atoms with E-state index in [4.69, 9.17) is 11.6 Å². The maximum Gasteiger partial charge on any atom is 0.264 e. The number of carbonyl (C=O) groups is 1. The van der Waals surface area contributed by atoms with Crippen molar-refractivity contribution in [2.75, 3.05) is 4.31 Å². The Morgan fingerprint density at radius 1 is 0.895 bits per heavy atom. The topological polar surface area (TPSA) is 66.5 Å². The summed E-state index contributed by atoms with van der Waals surface area (Å²) < 4.78 is 28.8.